The molecule has 0 bridgehead atoms. The van der Waals surface area contributed by atoms with Crippen LogP contribution in [-0.4, -0.2) is 44.1 Å². The second-order valence-corrected chi connectivity index (χ2v) is 9.39. The van der Waals surface area contributed by atoms with Crippen molar-refractivity contribution >= 4 is 9.84 Å². The highest BCUT2D eigenvalue weighted by atomic mass is 32.2. The Balaban J connectivity index is 2.15. The Morgan fingerprint density at radius 3 is 1.52 bits per heavy atom. The van der Waals surface area contributed by atoms with E-state index in [1.807, 2.05) is 13.8 Å². The normalized spacial score (nSPS) is 13.5. The van der Waals surface area contributed by atoms with Crippen molar-refractivity contribution < 1.29 is 28.1 Å². The summed E-state index contributed by atoms with van der Waals surface area (Å²) in [5, 5.41) is 19.3. The van der Waals surface area contributed by atoms with E-state index < -0.39 is 9.84 Å². The smallest absolute Gasteiger partial charge is 0.213 e. The lowest BCUT2D eigenvalue weighted by Crippen LogP contribution is -2.11. The maximum Gasteiger partial charge on any atom is 0.213 e. The molecule has 0 aliphatic carbocycles. The minimum Gasteiger partial charge on any atom is -0.492 e. The molecule has 0 spiro atoms. The Morgan fingerprint density at radius 2 is 1.13 bits per heavy atom. The molecule has 0 amide bonds. The summed E-state index contributed by atoms with van der Waals surface area (Å²) in [5.74, 6) is 0.573. The van der Waals surface area contributed by atoms with Crippen LogP contribution >= 0.6 is 0 Å². The van der Waals surface area contributed by atoms with Crippen LogP contribution in [-0.2, 0) is 9.84 Å². The van der Waals surface area contributed by atoms with Crippen molar-refractivity contribution in [2.45, 2.75) is 74.4 Å². The molecule has 0 aliphatic rings. The molecule has 0 fully saturated rings. The van der Waals surface area contributed by atoms with Crippen molar-refractivity contribution in [3.63, 3.8) is 0 Å². The molecule has 31 heavy (non-hydrogen) atoms. The van der Waals surface area contributed by atoms with Gasteiger partial charge < -0.3 is 19.7 Å². The van der Waals surface area contributed by atoms with Gasteiger partial charge in [0.15, 0.2) is 0 Å². The molecule has 0 saturated heterocycles. The molecular weight excluding hydrogens is 416 g/mol. The number of benzene rings is 2. The summed E-state index contributed by atoms with van der Waals surface area (Å²) < 4.78 is 38.3. The van der Waals surface area contributed by atoms with Gasteiger partial charge in [0.25, 0.3) is 0 Å². The van der Waals surface area contributed by atoms with Gasteiger partial charge in [-0.3, -0.25) is 0 Å². The van der Waals surface area contributed by atoms with Crippen molar-refractivity contribution in [2.75, 3.05) is 13.2 Å². The molecule has 2 aromatic rings. The Labute approximate surface area is 185 Å². The molecule has 0 aliphatic heterocycles. The van der Waals surface area contributed by atoms with E-state index in [1.54, 1.807) is 36.4 Å². The lowest BCUT2D eigenvalue weighted by Gasteiger charge is -2.15. The van der Waals surface area contributed by atoms with Crippen LogP contribution in [0, 0.1) is 0 Å². The maximum atomic E-state index is 13.4. The first-order chi connectivity index (χ1) is 14.9. The fraction of sp³-hybridized carbons (Fsp3) is 0.500. The summed E-state index contributed by atoms with van der Waals surface area (Å²) >= 11 is 0. The first-order valence-electron chi connectivity index (χ1n) is 10.9. The lowest BCUT2D eigenvalue weighted by molar-refractivity contribution is 0.148. The van der Waals surface area contributed by atoms with Gasteiger partial charge in [-0.15, -0.1) is 0 Å². The van der Waals surface area contributed by atoms with Gasteiger partial charge in [0.2, 0.25) is 9.84 Å². The zero-order chi connectivity index (χ0) is 22.7. The number of hydrogen-bond acceptors (Lipinski definition) is 6. The zero-order valence-electron chi connectivity index (χ0n) is 18.4. The molecular formula is C24H34O6S. The lowest BCUT2D eigenvalue weighted by atomic mass is 10.1. The summed E-state index contributed by atoms with van der Waals surface area (Å²) in [6.07, 6.45) is 3.09. The van der Waals surface area contributed by atoms with Gasteiger partial charge in [0.1, 0.15) is 21.3 Å². The number of aliphatic hydroxyl groups is 2. The molecule has 0 saturated carbocycles. The summed E-state index contributed by atoms with van der Waals surface area (Å²) in [6.45, 7) is 4.47. The van der Waals surface area contributed by atoms with Gasteiger partial charge in [0.05, 0.1) is 25.4 Å². The van der Waals surface area contributed by atoms with Crippen LogP contribution in [0.25, 0.3) is 0 Å². The van der Waals surface area contributed by atoms with Crippen molar-refractivity contribution in [3.05, 3.63) is 48.5 Å². The molecule has 2 rings (SSSR count). The van der Waals surface area contributed by atoms with Crippen LogP contribution in [0.2, 0.25) is 0 Å². The molecule has 2 unspecified atom stereocenters. The number of ether oxygens (including phenoxy) is 2. The van der Waals surface area contributed by atoms with Gasteiger partial charge in [-0.2, -0.15) is 0 Å². The molecule has 0 aromatic heterocycles. The van der Waals surface area contributed by atoms with E-state index in [9.17, 15) is 18.6 Å². The largest absolute Gasteiger partial charge is 0.492 e. The fourth-order valence-electron chi connectivity index (χ4n) is 3.11. The highest BCUT2D eigenvalue weighted by Crippen LogP contribution is 2.34. The summed E-state index contributed by atoms with van der Waals surface area (Å²) in [6, 6.07) is 13.1. The maximum absolute atomic E-state index is 13.4. The second kappa shape index (κ2) is 12.7. The molecule has 2 aromatic carbocycles. The van der Waals surface area contributed by atoms with Gasteiger partial charge >= 0.3 is 0 Å². The van der Waals surface area contributed by atoms with Gasteiger partial charge in [-0.1, -0.05) is 38.1 Å². The third-order valence-electron chi connectivity index (χ3n) is 5.10. The predicted octanol–water partition coefficient (Wildman–Crippen LogP) is 4.38. The number of sulfone groups is 1. The Morgan fingerprint density at radius 1 is 0.742 bits per heavy atom. The topological polar surface area (TPSA) is 93.1 Å². The molecule has 0 radical (unpaired) electrons. The van der Waals surface area contributed by atoms with E-state index in [0.717, 1.165) is 0 Å². The Kier molecular flexibility index (Phi) is 10.3. The number of hydrogen-bond donors (Lipinski definition) is 2. The van der Waals surface area contributed by atoms with Crippen molar-refractivity contribution in [1.82, 2.24) is 0 Å². The van der Waals surface area contributed by atoms with Crippen molar-refractivity contribution in [1.29, 1.82) is 0 Å². The number of para-hydroxylation sites is 2. The number of rotatable bonds is 14. The van der Waals surface area contributed by atoms with Crippen LogP contribution in [0.4, 0.5) is 0 Å². The predicted molar refractivity (Wildman–Crippen MR) is 120 cm³/mol. The first kappa shape index (κ1) is 25.2. The summed E-state index contributed by atoms with van der Waals surface area (Å²) in [4.78, 5) is 0.173. The molecule has 172 valence electrons. The van der Waals surface area contributed by atoms with Gasteiger partial charge in [-0.25, -0.2) is 8.42 Å². The van der Waals surface area contributed by atoms with E-state index in [1.165, 1.54) is 12.1 Å². The van der Waals surface area contributed by atoms with Crippen LogP contribution in [0.5, 0.6) is 11.5 Å². The molecule has 2 N–H and O–H groups in total. The van der Waals surface area contributed by atoms with E-state index in [0.29, 0.717) is 51.7 Å². The van der Waals surface area contributed by atoms with Gasteiger partial charge in [0, 0.05) is 0 Å². The van der Waals surface area contributed by atoms with Crippen LogP contribution in [0.15, 0.2) is 58.3 Å². The van der Waals surface area contributed by atoms with Crippen LogP contribution in [0.3, 0.4) is 0 Å². The monoisotopic (exact) mass is 450 g/mol. The van der Waals surface area contributed by atoms with Crippen molar-refractivity contribution in [3.8, 4) is 11.5 Å². The van der Waals surface area contributed by atoms with Crippen molar-refractivity contribution in [2.24, 2.45) is 0 Å². The first-order valence-corrected chi connectivity index (χ1v) is 12.4. The van der Waals surface area contributed by atoms with E-state index in [-0.39, 0.29) is 33.5 Å². The minimum absolute atomic E-state index is 0.0866. The average Bonchev–Trinajstić information content (AvgIpc) is 2.79. The minimum atomic E-state index is -3.87. The third-order valence-corrected chi connectivity index (χ3v) is 6.93. The SMILES string of the molecule is CCC(O)CCCOc1ccccc1S(=O)(=O)c1ccccc1OCCCC(O)CC. The third kappa shape index (κ3) is 7.52. The van der Waals surface area contributed by atoms with Crippen LogP contribution < -0.4 is 9.47 Å². The second-order valence-electron chi connectivity index (χ2n) is 7.50. The summed E-state index contributed by atoms with van der Waals surface area (Å²) in [5.41, 5.74) is 0. The molecule has 7 heteroatoms. The quantitative estimate of drug-likeness (QED) is 0.415. The highest BCUT2D eigenvalue weighted by molar-refractivity contribution is 7.91. The fourth-order valence-corrected chi connectivity index (χ4v) is 4.65. The average molecular weight is 451 g/mol. The van der Waals surface area contributed by atoms with E-state index >= 15 is 0 Å². The standard InChI is InChI=1S/C24H34O6S/c1-3-19(25)11-9-17-29-21-13-5-7-15-23(21)31(27,28)24-16-8-6-14-22(24)30-18-10-12-20(26)4-2/h5-8,13-16,19-20,25-26H,3-4,9-12,17-18H2,1-2H3. The molecule has 6 nitrogen and oxygen atoms in total. The Hall–Kier alpha value is -2.09. The van der Waals surface area contributed by atoms with E-state index in [4.69, 9.17) is 9.47 Å². The molecule has 0 heterocycles. The van der Waals surface area contributed by atoms with Crippen LogP contribution in [0.1, 0.15) is 52.4 Å². The highest BCUT2D eigenvalue weighted by Gasteiger charge is 2.25. The van der Waals surface area contributed by atoms with E-state index in [2.05, 4.69) is 0 Å². The molecule has 2 atom stereocenters. The zero-order valence-corrected chi connectivity index (χ0v) is 19.2. The van der Waals surface area contributed by atoms with Gasteiger partial charge in [-0.05, 0) is 62.8 Å². The Bertz CT molecular complexity index is 829. The summed E-state index contributed by atoms with van der Waals surface area (Å²) in [7, 11) is -3.87. The number of aliphatic hydroxyl groups excluding tert-OH is 2.